The number of benzene rings is 1. The van der Waals surface area contributed by atoms with Crippen LogP contribution >= 0.6 is 0 Å². The van der Waals surface area contributed by atoms with Crippen molar-refractivity contribution in [3.05, 3.63) is 35.9 Å². The van der Waals surface area contributed by atoms with E-state index in [4.69, 9.17) is 5.11 Å². The lowest BCUT2D eigenvalue weighted by Crippen LogP contribution is -2.60. The second-order valence-electron chi connectivity index (χ2n) is 3.71. The number of carbonyl (C=O) groups is 1. The van der Waals surface area contributed by atoms with E-state index in [9.17, 15) is 9.18 Å². The van der Waals surface area contributed by atoms with Crippen LogP contribution < -0.4 is 0 Å². The molecule has 1 aromatic rings. The van der Waals surface area contributed by atoms with E-state index in [1.165, 1.54) is 0 Å². The van der Waals surface area contributed by atoms with Crippen molar-refractivity contribution in [3.8, 4) is 0 Å². The lowest BCUT2D eigenvalue weighted by Gasteiger charge is -2.42. The van der Waals surface area contributed by atoms with Crippen molar-refractivity contribution in [2.24, 2.45) is 0 Å². The van der Waals surface area contributed by atoms with Gasteiger partial charge < -0.3 is 5.11 Å². The number of carboxylic acid groups (broad SMARTS) is 1. The van der Waals surface area contributed by atoms with Crippen molar-refractivity contribution >= 4 is 6.09 Å². The minimum Gasteiger partial charge on any atom is -0.465 e. The van der Waals surface area contributed by atoms with Gasteiger partial charge in [0.2, 0.25) is 0 Å². The molecule has 1 amide bonds. The summed E-state index contributed by atoms with van der Waals surface area (Å²) in [5.74, 6) is 0. The second-order valence-corrected chi connectivity index (χ2v) is 3.71. The smallest absolute Gasteiger partial charge is 0.407 e. The second kappa shape index (κ2) is 3.88. The molecule has 15 heavy (non-hydrogen) atoms. The highest BCUT2D eigenvalue weighted by molar-refractivity contribution is 5.67. The molecule has 0 aliphatic carbocycles. The average Bonchev–Trinajstić information content (AvgIpc) is 2.23. The summed E-state index contributed by atoms with van der Waals surface area (Å²) in [7, 11) is 0. The minimum atomic E-state index is -1.04. The van der Waals surface area contributed by atoms with Gasteiger partial charge in [-0.05, 0) is 12.0 Å². The first-order valence-corrected chi connectivity index (χ1v) is 4.86. The highest BCUT2D eigenvalue weighted by Gasteiger charge is 2.42. The topological polar surface area (TPSA) is 40.5 Å². The monoisotopic (exact) mass is 209 g/mol. The number of likely N-dealkylation sites (tertiary alicyclic amines) is 1. The Morgan fingerprint density at radius 2 is 2.13 bits per heavy atom. The third kappa shape index (κ3) is 1.93. The fourth-order valence-electron chi connectivity index (χ4n) is 1.82. The van der Waals surface area contributed by atoms with Crippen molar-refractivity contribution < 1.29 is 14.3 Å². The number of amides is 1. The van der Waals surface area contributed by atoms with Crippen LogP contribution in [0.1, 0.15) is 5.56 Å². The van der Waals surface area contributed by atoms with E-state index in [1.807, 2.05) is 30.3 Å². The molecule has 0 spiro atoms. The van der Waals surface area contributed by atoms with Gasteiger partial charge in [0.05, 0.1) is 12.6 Å². The number of hydrogen-bond acceptors (Lipinski definition) is 1. The number of hydrogen-bond donors (Lipinski definition) is 1. The molecule has 3 nitrogen and oxygen atoms in total. The highest BCUT2D eigenvalue weighted by Crippen LogP contribution is 2.24. The Morgan fingerprint density at radius 1 is 1.47 bits per heavy atom. The maximum absolute atomic E-state index is 13.2. The van der Waals surface area contributed by atoms with E-state index in [1.54, 1.807) is 0 Å². The van der Waals surface area contributed by atoms with Crippen LogP contribution in [0.15, 0.2) is 30.3 Å². The van der Waals surface area contributed by atoms with Gasteiger partial charge in [0.15, 0.2) is 0 Å². The van der Waals surface area contributed by atoms with Crippen LogP contribution in [0.2, 0.25) is 0 Å². The predicted molar refractivity (Wildman–Crippen MR) is 53.6 cm³/mol. The number of rotatable bonds is 2. The molecule has 0 radical (unpaired) electrons. The van der Waals surface area contributed by atoms with E-state index in [-0.39, 0.29) is 6.54 Å². The van der Waals surface area contributed by atoms with Crippen LogP contribution in [0.5, 0.6) is 0 Å². The van der Waals surface area contributed by atoms with E-state index in [2.05, 4.69) is 0 Å². The lowest BCUT2D eigenvalue weighted by atomic mass is 9.94. The molecule has 1 aliphatic heterocycles. The molecule has 2 rings (SSSR count). The summed E-state index contributed by atoms with van der Waals surface area (Å²) in [6, 6.07) is 8.87. The lowest BCUT2D eigenvalue weighted by molar-refractivity contribution is 0.00242. The van der Waals surface area contributed by atoms with Gasteiger partial charge in [0.25, 0.3) is 0 Å². The SMILES string of the molecule is O=C(O)N1C[C@H](F)[C@@H]1Cc1ccccc1. The van der Waals surface area contributed by atoms with Crippen molar-refractivity contribution in [1.82, 2.24) is 4.90 Å². The summed E-state index contributed by atoms with van der Waals surface area (Å²) in [4.78, 5) is 11.8. The first-order chi connectivity index (χ1) is 7.18. The standard InChI is InChI=1S/C11H12FNO2/c12-9-7-13(11(14)15)10(9)6-8-4-2-1-3-5-8/h1-5,9-10H,6-7H2,(H,14,15)/t9-,10-/m0/s1. The zero-order valence-electron chi connectivity index (χ0n) is 8.14. The van der Waals surface area contributed by atoms with Gasteiger partial charge in [-0.2, -0.15) is 0 Å². The third-order valence-electron chi connectivity index (χ3n) is 2.72. The molecule has 1 fully saturated rings. The summed E-state index contributed by atoms with van der Waals surface area (Å²) in [6.45, 7) is 0.00678. The molecule has 0 aromatic heterocycles. The average molecular weight is 209 g/mol. The molecule has 1 N–H and O–H groups in total. The molecule has 80 valence electrons. The largest absolute Gasteiger partial charge is 0.465 e. The maximum atomic E-state index is 13.2. The van der Waals surface area contributed by atoms with E-state index in [0.29, 0.717) is 6.42 Å². The quantitative estimate of drug-likeness (QED) is 0.808. The van der Waals surface area contributed by atoms with Crippen LogP contribution in [0, 0.1) is 0 Å². The van der Waals surface area contributed by atoms with Crippen LogP contribution in [-0.2, 0) is 6.42 Å². The van der Waals surface area contributed by atoms with Gasteiger partial charge in [-0.1, -0.05) is 30.3 Å². The van der Waals surface area contributed by atoms with Crippen LogP contribution in [0.25, 0.3) is 0 Å². The molecule has 1 aliphatic rings. The fraction of sp³-hybridized carbons (Fsp3) is 0.364. The van der Waals surface area contributed by atoms with Gasteiger partial charge in [-0.3, -0.25) is 4.90 Å². The molecule has 0 bridgehead atoms. The van der Waals surface area contributed by atoms with Gasteiger partial charge in [0.1, 0.15) is 6.17 Å². The molecule has 1 aromatic carbocycles. The van der Waals surface area contributed by atoms with Crippen molar-refractivity contribution in [2.45, 2.75) is 18.6 Å². The first-order valence-electron chi connectivity index (χ1n) is 4.86. The number of alkyl halides is 1. The van der Waals surface area contributed by atoms with Crippen molar-refractivity contribution in [1.29, 1.82) is 0 Å². The zero-order chi connectivity index (χ0) is 10.8. The highest BCUT2D eigenvalue weighted by atomic mass is 19.1. The third-order valence-corrected chi connectivity index (χ3v) is 2.72. The number of nitrogens with zero attached hydrogens (tertiary/aromatic N) is 1. The van der Waals surface area contributed by atoms with Gasteiger partial charge in [-0.15, -0.1) is 0 Å². The fourth-order valence-corrected chi connectivity index (χ4v) is 1.82. The zero-order valence-corrected chi connectivity index (χ0v) is 8.14. The summed E-state index contributed by atoms with van der Waals surface area (Å²) in [6.07, 6.45) is -1.61. The van der Waals surface area contributed by atoms with E-state index < -0.39 is 18.3 Å². The Labute approximate surface area is 87.1 Å². The molecular formula is C11H12FNO2. The Morgan fingerprint density at radius 3 is 2.67 bits per heavy atom. The van der Waals surface area contributed by atoms with Crippen LogP contribution in [-0.4, -0.2) is 34.9 Å². The predicted octanol–water partition coefficient (Wildman–Crippen LogP) is 1.93. The Balaban J connectivity index is 2.02. The van der Waals surface area contributed by atoms with E-state index in [0.717, 1.165) is 10.5 Å². The molecule has 4 heteroatoms. The van der Waals surface area contributed by atoms with Crippen LogP contribution in [0.3, 0.4) is 0 Å². The number of halogens is 1. The van der Waals surface area contributed by atoms with Gasteiger partial charge in [-0.25, -0.2) is 9.18 Å². The summed E-state index contributed by atoms with van der Waals surface area (Å²) < 4.78 is 13.2. The summed E-state index contributed by atoms with van der Waals surface area (Å²) in [5, 5.41) is 8.76. The van der Waals surface area contributed by atoms with Crippen LogP contribution in [0.4, 0.5) is 9.18 Å². The van der Waals surface area contributed by atoms with Crippen molar-refractivity contribution in [2.75, 3.05) is 6.54 Å². The molecule has 1 heterocycles. The molecule has 0 unspecified atom stereocenters. The Hall–Kier alpha value is -1.58. The van der Waals surface area contributed by atoms with Gasteiger partial charge in [0, 0.05) is 0 Å². The maximum Gasteiger partial charge on any atom is 0.407 e. The van der Waals surface area contributed by atoms with E-state index >= 15 is 0 Å². The first kappa shape index (κ1) is 9.96. The molecule has 0 saturated carbocycles. The summed E-state index contributed by atoms with van der Waals surface area (Å²) in [5.41, 5.74) is 0.969. The van der Waals surface area contributed by atoms with Gasteiger partial charge >= 0.3 is 6.09 Å². The Bertz CT molecular complexity index is 355. The van der Waals surface area contributed by atoms with Crippen molar-refractivity contribution in [3.63, 3.8) is 0 Å². The molecule has 1 saturated heterocycles. The Kier molecular flexibility index (Phi) is 2.58. The molecule has 2 atom stereocenters. The normalized spacial score (nSPS) is 24.7. The molecular weight excluding hydrogens is 197 g/mol. The summed E-state index contributed by atoms with van der Waals surface area (Å²) >= 11 is 0. The minimum absolute atomic E-state index is 0.00678.